The van der Waals surface area contributed by atoms with Crippen LogP contribution in [0.2, 0.25) is 0 Å². The van der Waals surface area contributed by atoms with Crippen molar-refractivity contribution in [3.8, 4) is 5.75 Å². The first kappa shape index (κ1) is 11.9. The Morgan fingerprint density at radius 3 is 2.82 bits per heavy atom. The van der Waals surface area contributed by atoms with Crippen LogP contribution in [0.3, 0.4) is 0 Å². The number of carbonyl (C=O) groups excluding carboxylic acids is 1. The zero-order valence-electron chi connectivity index (χ0n) is 10.0. The number of aromatic hydroxyl groups is 1. The molecule has 0 saturated carbocycles. The van der Waals surface area contributed by atoms with Gasteiger partial charge in [-0.05, 0) is 50.2 Å². The Hall–Kier alpha value is -1.55. The lowest BCUT2D eigenvalue weighted by molar-refractivity contribution is 0.0787. The van der Waals surface area contributed by atoms with Crippen LogP contribution in [-0.4, -0.2) is 42.6 Å². The van der Waals surface area contributed by atoms with Gasteiger partial charge in [-0.2, -0.15) is 0 Å². The van der Waals surface area contributed by atoms with E-state index in [0.717, 1.165) is 26.1 Å². The number of benzene rings is 1. The van der Waals surface area contributed by atoms with Gasteiger partial charge in [-0.15, -0.1) is 0 Å². The highest BCUT2D eigenvalue weighted by Gasteiger charge is 2.26. The number of hydrogen-bond acceptors (Lipinski definition) is 3. The minimum Gasteiger partial charge on any atom is -0.508 e. The third kappa shape index (κ3) is 2.77. The van der Waals surface area contributed by atoms with E-state index in [1.54, 1.807) is 24.3 Å². The topological polar surface area (TPSA) is 52.6 Å². The van der Waals surface area contributed by atoms with E-state index in [4.69, 9.17) is 0 Å². The van der Waals surface area contributed by atoms with E-state index < -0.39 is 0 Å². The molecule has 0 aliphatic carbocycles. The number of amides is 1. The molecule has 4 heteroatoms. The van der Waals surface area contributed by atoms with E-state index in [-0.39, 0.29) is 11.7 Å². The Morgan fingerprint density at radius 1 is 1.47 bits per heavy atom. The van der Waals surface area contributed by atoms with E-state index in [0.29, 0.717) is 11.5 Å². The molecule has 1 saturated heterocycles. The summed E-state index contributed by atoms with van der Waals surface area (Å²) in [5.41, 5.74) is 0.646. The standard InChI is InChI=1S/C13H18N2O2/c1-14-8-10-6-7-15(9-10)13(17)11-2-4-12(16)5-3-11/h2-5,10,14,16H,6-9H2,1H3. The molecule has 0 aromatic heterocycles. The van der Waals surface area contributed by atoms with E-state index in [1.807, 2.05) is 11.9 Å². The van der Waals surface area contributed by atoms with Gasteiger partial charge in [0.2, 0.25) is 0 Å². The Morgan fingerprint density at radius 2 is 2.18 bits per heavy atom. The number of phenols is 1. The minimum atomic E-state index is 0.0589. The fraction of sp³-hybridized carbons (Fsp3) is 0.462. The van der Waals surface area contributed by atoms with Gasteiger partial charge in [0, 0.05) is 18.7 Å². The second-order valence-corrected chi connectivity index (χ2v) is 4.51. The van der Waals surface area contributed by atoms with E-state index >= 15 is 0 Å². The molecule has 1 aromatic carbocycles. The largest absolute Gasteiger partial charge is 0.508 e. The van der Waals surface area contributed by atoms with Gasteiger partial charge in [-0.1, -0.05) is 0 Å². The van der Waals surface area contributed by atoms with Gasteiger partial charge in [0.05, 0.1) is 0 Å². The predicted octanol–water partition coefficient (Wildman–Crippen LogP) is 1.07. The molecule has 2 N–H and O–H groups in total. The molecule has 92 valence electrons. The third-order valence-corrected chi connectivity index (χ3v) is 3.18. The zero-order valence-corrected chi connectivity index (χ0v) is 10.0. The molecule has 2 rings (SSSR count). The number of nitrogens with zero attached hydrogens (tertiary/aromatic N) is 1. The smallest absolute Gasteiger partial charge is 0.253 e. The van der Waals surface area contributed by atoms with Crippen molar-refractivity contribution in [3.63, 3.8) is 0 Å². The van der Waals surface area contributed by atoms with Gasteiger partial charge in [0.15, 0.2) is 0 Å². The second-order valence-electron chi connectivity index (χ2n) is 4.51. The molecule has 0 bridgehead atoms. The van der Waals surface area contributed by atoms with Gasteiger partial charge in [-0.3, -0.25) is 4.79 Å². The maximum atomic E-state index is 12.1. The van der Waals surface area contributed by atoms with Gasteiger partial charge in [-0.25, -0.2) is 0 Å². The maximum absolute atomic E-state index is 12.1. The SMILES string of the molecule is CNCC1CCN(C(=O)c2ccc(O)cc2)C1. The van der Waals surface area contributed by atoms with E-state index in [1.165, 1.54) is 0 Å². The van der Waals surface area contributed by atoms with Gasteiger partial charge in [0.1, 0.15) is 5.75 Å². The second kappa shape index (κ2) is 5.19. The summed E-state index contributed by atoms with van der Waals surface area (Å²) in [4.78, 5) is 14.0. The molecule has 17 heavy (non-hydrogen) atoms. The van der Waals surface area contributed by atoms with Gasteiger partial charge < -0.3 is 15.3 Å². The molecule has 0 radical (unpaired) electrons. The first-order valence-electron chi connectivity index (χ1n) is 5.93. The van der Waals surface area contributed by atoms with Crippen molar-refractivity contribution in [2.75, 3.05) is 26.7 Å². The van der Waals surface area contributed by atoms with Crippen LogP contribution in [0.4, 0.5) is 0 Å². The average Bonchev–Trinajstić information content (AvgIpc) is 2.78. The van der Waals surface area contributed by atoms with Gasteiger partial charge >= 0.3 is 0 Å². The molecule has 1 aliphatic rings. The monoisotopic (exact) mass is 234 g/mol. The highest BCUT2D eigenvalue weighted by Crippen LogP contribution is 2.19. The molecule has 1 atom stereocenters. The molecule has 0 spiro atoms. The number of rotatable bonds is 3. The molecule has 1 aliphatic heterocycles. The Labute approximate surface area is 101 Å². The summed E-state index contributed by atoms with van der Waals surface area (Å²) in [6, 6.07) is 6.44. The Balaban J connectivity index is 1.99. The lowest BCUT2D eigenvalue weighted by Gasteiger charge is -2.16. The molecule has 4 nitrogen and oxygen atoms in total. The Bertz CT molecular complexity index is 389. The Kier molecular flexibility index (Phi) is 3.64. The summed E-state index contributed by atoms with van der Waals surface area (Å²) < 4.78 is 0. The molecule has 1 heterocycles. The number of nitrogens with one attached hydrogen (secondary N) is 1. The van der Waals surface area contributed by atoms with Crippen molar-refractivity contribution in [2.45, 2.75) is 6.42 Å². The van der Waals surface area contributed by atoms with Crippen molar-refractivity contribution in [2.24, 2.45) is 5.92 Å². The van der Waals surface area contributed by atoms with Crippen LogP contribution >= 0.6 is 0 Å². The van der Waals surface area contributed by atoms with Gasteiger partial charge in [0.25, 0.3) is 5.91 Å². The number of phenolic OH excluding ortho intramolecular Hbond substituents is 1. The lowest BCUT2D eigenvalue weighted by Crippen LogP contribution is -2.30. The summed E-state index contributed by atoms with van der Waals surface area (Å²) in [6.45, 7) is 2.60. The predicted molar refractivity (Wildman–Crippen MR) is 66.0 cm³/mol. The lowest BCUT2D eigenvalue weighted by atomic mass is 10.1. The quantitative estimate of drug-likeness (QED) is 0.822. The van der Waals surface area contributed by atoms with Crippen LogP contribution in [0.25, 0.3) is 0 Å². The van der Waals surface area contributed by atoms with Crippen molar-refractivity contribution in [1.29, 1.82) is 0 Å². The first-order chi connectivity index (χ1) is 8.20. The van der Waals surface area contributed by atoms with Crippen LogP contribution in [0.15, 0.2) is 24.3 Å². The number of likely N-dealkylation sites (tertiary alicyclic amines) is 1. The van der Waals surface area contributed by atoms with Crippen LogP contribution in [0.5, 0.6) is 5.75 Å². The molecule has 1 aromatic rings. The van der Waals surface area contributed by atoms with Crippen LogP contribution < -0.4 is 5.32 Å². The number of hydrogen-bond donors (Lipinski definition) is 2. The highest BCUT2D eigenvalue weighted by atomic mass is 16.3. The summed E-state index contributed by atoms with van der Waals surface area (Å²) in [5, 5.41) is 12.3. The molecule has 1 amide bonds. The summed E-state index contributed by atoms with van der Waals surface area (Å²) >= 11 is 0. The summed E-state index contributed by atoms with van der Waals surface area (Å²) in [7, 11) is 1.93. The molecular weight excluding hydrogens is 216 g/mol. The third-order valence-electron chi connectivity index (χ3n) is 3.18. The van der Waals surface area contributed by atoms with Crippen LogP contribution in [0, 0.1) is 5.92 Å². The molecule has 1 unspecified atom stereocenters. The van der Waals surface area contributed by atoms with Crippen LogP contribution in [0.1, 0.15) is 16.8 Å². The van der Waals surface area contributed by atoms with Crippen molar-refractivity contribution in [3.05, 3.63) is 29.8 Å². The van der Waals surface area contributed by atoms with Crippen molar-refractivity contribution < 1.29 is 9.90 Å². The molecule has 1 fully saturated rings. The average molecular weight is 234 g/mol. The fourth-order valence-electron chi connectivity index (χ4n) is 2.26. The minimum absolute atomic E-state index is 0.0589. The van der Waals surface area contributed by atoms with Crippen molar-refractivity contribution >= 4 is 5.91 Å². The maximum Gasteiger partial charge on any atom is 0.253 e. The zero-order chi connectivity index (χ0) is 12.3. The van der Waals surface area contributed by atoms with E-state index in [9.17, 15) is 9.90 Å². The van der Waals surface area contributed by atoms with Crippen molar-refractivity contribution in [1.82, 2.24) is 10.2 Å². The summed E-state index contributed by atoms with van der Waals surface area (Å²) in [5.74, 6) is 0.806. The molecular formula is C13H18N2O2. The highest BCUT2D eigenvalue weighted by molar-refractivity contribution is 5.94. The fourth-order valence-corrected chi connectivity index (χ4v) is 2.26. The number of carbonyl (C=O) groups is 1. The van der Waals surface area contributed by atoms with E-state index in [2.05, 4.69) is 5.32 Å². The first-order valence-corrected chi connectivity index (χ1v) is 5.93. The normalized spacial score (nSPS) is 19.6. The van der Waals surface area contributed by atoms with Crippen LogP contribution in [-0.2, 0) is 0 Å². The summed E-state index contributed by atoms with van der Waals surface area (Å²) in [6.07, 6.45) is 1.06.